The molecule has 0 aliphatic heterocycles. The molecule has 2 aromatic carbocycles. The summed E-state index contributed by atoms with van der Waals surface area (Å²) in [4.78, 5) is 13.2. The highest BCUT2D eigenvalue weighted by Crippen LogP contribution is 2.21. The number of nitrogens with zero attached hydrogens (tertiary/aromatic N) is 1. The summed E-state index contributed by atoms with van der Waals surface area (Å²) in [5, 5.41) is 2.30. The first kappa shape index (κ1) is 14.2. The maximum absolute atomic E-state index is 11.8. The molecular weight excluding hydrogens is 278 g/mol. The van der Waals surface area contributed by atoms with E-state index in [4.69, 9.17) is 9.15 Å². The molecule has 0 N–H and O–H groups in total. The fourth-order valence-corrected chi connectivity index (χ4v) is 2.20. The van der Waals surface area contributed by atoms with Crippen molar-refractivity contribution in [3.8, 4) is 5.75 Å². The summed E-state index contributed by atoms with van der Waals surface area (Å²) in [6.07, 6.45) is 0. The Morgan fingerprint density at radius 2 is 1.82 bits per heavy atom. The second-order valence-corrected chi connectivity index (χ2v) is 5.26. The van der Waals surface area contributed by atoms with Crippen LogP contribution in [0, 0.1) is 0 Å². The number of hydrogen-bond acceptors (Lipinski definition) is 3. The van der Waals surface area contributed by atoms with Crippen molar-refractivity contribution >= 4 is 16.7 Å². The molecule has 4 heteroatoms. The lowest BCUT2D eigenvalue weighted by molar-refractivity contribution is 0.0792. The number of carbonyl (C=O) groups is 1. The van der Waals surface area contributed by atoms with Gasteiger partial charge in [0.15, 0.2) is 5.76 Å². The van der Waals surface area contributed by atoms with Crippen LogP contribution in [0.4, 0.5) is 0 Å². The summed E-state index contributed by atoms with van der Waals surface area (Å²) in [5.41, 5.74) is 0. The SMILES string of the molecule is CN(C)C(=O)c1ccc(COc2ccc3ccccc3c2)o1. The molecule has 0 unspecified atom stereocenters. The van der Waals surface area contributed by atoms with Crippen LogP contribution in [0.5, 0.6) is 5.75 Å². The van der Waals surface area contributed by atoms with E-state index in [1.54, 1.807) is 26.2 Å². The standard InChI is InChI=1S/C18H17NO3/c1-19(2)18(20)17-10-9-16(22-17)12-21-15-8-7-13-5-3-4-6-14(13)11-15/h3-11H,12H2,1-2H3. The highest BCUT2D eigenvalue weighted by Gasteiger charge is 2.13. The number of hydrogen-bond donors (Lipinski definition) is 0. The van der Waals surface area contributed by atoms with Gasteiger partial charge >= 0.3 is 0 Å². The molecule has 1 heterocycles. The van der Waals surface area contributed by atoms with E-state index in [1.807, 2.05) is 36.4 Å². The summed E-state index contributed by atoms with van der Waals surface area (Å²) in [7, 11) is 3.38. The van der Waals surface area contributed by atoms with Gasteiger partial charge in [0.2, 0.25) is 0 Å². The van der Waals surface area contributed by atoms with Crippen LogP contribution < -0.4 is 4.74 Å². The van der Waals surface area contributed by atoms with Gasteiger partial charge in [-0.1, -0.05) is 30.3 Å². The van der Waals surface area contributed by atoms with Gasteiger partial charge in [0.1, 0.15) is 18.1 Å². The zero-order valence-corrected chi connectivity index (χ0v) is 12.6. The van der Waals surface area contributed by atoms with Gasteiger partial charge < -0.3 is 14.1 Å². The Morgan fingerprint density at radius 1 is 1.05 bits per heavy atom. The Balaban J connectivity index is 1.70. The number of rotatable bonds is 4. The second kappa shape index (κ2) is 5.93. The van der Waals surface area contributed by atoms with Crippen molar-refractivity contribution in [3.05, 3.63) is 66.1 Å². The molecule has 0 radical (unpaired) electrons. The average molecular weight is 295 g/mol. The maximum atomic E-state index is 11.8. The summed E-state index contributed by atoms with van der Waals surface area (Å²) in [6.45, 7) is 0.291. The fraction of sp³-hybridized carbons (Fsp3) is 0.167. The zero-order chi connectivity index (χ0) is 15.5. The third-order valence-electron chi connectivity index (χ3n) is 3.38. The van der Waals surface area contributed by atoms with Gasteiger partial charge in [0.05, 0.1) is 0 Å². The van der Waals surface area contributed by atoms with Crippen molar-refractivity contribution in [1.82, 2.24) is 4.90 Å². The monoisotopic (exact) mass is 295 g/mol. The molecule has 4 nitrogen and oxygen atoms in total. The van der Waals surface area contributed by atoms with E-state index < -0.39 is 0 Å². The molecule has 22 heavy (non-hydrogen) atoms. The highest BCUT2D eigenvalue weighted by atomic mass is 16.5. The minimum atomic E-state index is -0.156. The molecular formula is C18H17NO3. The number of carbonyl (C=O) groups excluding carboxylic acids is 1. The van der Waals surface area contributed by atoms with Gasteiger partial charge in [-0.05, 0) is 35.0 Å². The lowest BCUT2D eigenvalue weighted by Crippen LogP contribution is -2.20. The van der Waals surface area contributed by atoms with Crippen LogP contribution >= 0.6 is 0 Å². The van der Waals surface area contributed by atoms with Gasteiger partial charge in [0, 0.05) is 14.1 Å². The Kier molecular flexibility index (Phi) is 3.83. The quantitative estimate of drug-likeness (QED) is 0.737. The largest absolute Gasteiger partial charge is 0.486 e. The fourth-order valence-electron chi connectivity index (χ4n) is 2.20. The Morgan fingerprint density at radius 3 is 2.59 bits per heavy atom. The van der Waals surface area contributed by atoms with Crippen LogP contribution in [-0.4, -0.2) is 24.9 Å². The third-order valence-corrected chi connectivity index (χ3v) is 3.38. The molecule has 0 saturated heterocycles. The molecule has 3 aromatic rings. The molecule has 0 fully saturated rings. The molecule has 0 spiro atoms. The third kappa shape index (κ3) is 2.96. The smallest absolute Gasteiger partial charge is 0.289 e. The normalized spacial score (nSPS) is 10.6. The molecule has 3 rings (SSSR count). The lowest BCUT2D eigenvalue weighted by Gasteiger charge is -2.07. The maximum Gasteiger partial charge on any atom is 0.289 e. The number of fused-ring (bicyclic) bond motifs is 1. The molecule has 0 aliphatic carbocycles. The van der Waals surface area contributed by atoms with Gasteiger partial charge in [0.25, 0.3) is 5.91 Å². The minimum Gasteiger partial charge on any atom is -0.486 e. The molecule has 1 amide bonds. The van der Waals surface area contributed by atoms with Crippen molar-refractivity contribution in [2.75, 3.05) is 14.1 Å². The minimum absolute atomic E-state index is 0.156. The molecule has 0 saturated carbocycles. The topological polar surface area (TPSA) is 42.7 Å². The van der Waals surface area contributed by atoms with Crippen LogP contribution in [-0.2, 0) is 6.61 Å². The van der Waals surface area contributed by atoms with Crippen LogP contribution in [0.15, 0.2) is 59.0 Å². The number of furan rings is 1. The van der Waals surface area contributed by atoms with Crippen molar-refractivity contribution < 1.29 is 13.9 Å². The first-order chi connectivity index (χ1) is 10.6. The van der Waals surface area contributed by atoms with Gasteiger partial charge in [-0.25, -0.2) is 0 Å². The van der Waals surface area contributed by atoms with Crippen LogP contribution in [0.1, 0.15) is 16.3 Å². The summed E-state index contributed by atoms with van der Waals surface area (Å²) in [5.74, 6) is 1.56. The number of benzene rings is 2. The Hall–Kier alpha value is -2.75. The molecule has 112 valence electrons. The van der Waals surface area contributed by atoms with Gasteiger partial charge in [-0.2, -0.15) is 0 Å². The molecule has 1 aromatic heterocycles. The first-order valence-corrected chi connectivity index (χ1v) is 7.05. The van der Waals surface area contributed by atoms with E-state index in [-0.39, 0.29) is 5.91 Å². The van der Waals surface area contributed by atoms with E-state index in [2.05, 4.69) is 6.07 Å². The van der Waals surface area contributed by atoms with E-state index >= 15 is 0 Å². The lowest BCUT2D eigenvalue weighted by atomic mass is 10.1. The van der Waals surface area contributed by atoms with Gasteiger partial charge in [-0.15, -0.1) is 0 Å². The van der Waals surface area contributed by atoms with E-state index in [9.17, 15) is 4.79 Å². The van der Waals surface area contributed by atoms with Crippen molar-refractivity contribution in [1.29, 1.82) is 0 Å². The first-order valence-electron chi connectivity index (χ1n) is 7.05. The number of ether oxygens (including phenoxy) is 1. The van der Waals surface area contributed by atoms with E-state index in [0.717, 1.165) is 11.1 Å². The second-order valence-electron chi connectivity index (χ2n) is 5.26. The Labute approximate surface area is 128 Å². The van der Waals surface area contributed by atoms with Crippen LogP contribution in [0.2, 0.25) is 0 Å². The van der Waals surface area contributed by atoms with E-state index in [0.29, 0.717) is 18.1 Å². The molecule has 0 bridgehead atoms. The predicted octanol–water partition coefficient (Wildman–Crippen LogP) is 3.71. The Bertz CT molecular complexity index is 805. The van der Waals surface area contributed by atoms with Crippen LogP contribution in [0.25, 0.3) is 10.8 Å². The summed E-state index contributed by atoms with van der Waals surface area (Å²) >= 11 is 0. The summed E-state index contributed by atoms with van der Waals surface area (Å²) in [6, 6.07) is 17.5. The van der Waals surface area contributed by atoms with Crippen molar-refractivity contribution in [2.24, 2.45) is 0 Å². The van der Waals surface area contributed by atoms with E-state index in [1.165, 1.54) is 10.3 Å². The van der Waals surface area contributed by atoms with Crippen molar-refractivity contribution in [2.45, 2.75) is 6.61 Å². The average Bonchev–Trinajstić information content (AvgIpc) is 3.00. The molecule has 0 aliphatic rings. The zero-order valence-electron chi connectivity index (χ0n) is 12.6. The highest BCUT2D eigenvalue weighted by molar-refractivity contribution is 5.91. The predicted molar refractivity (Wildman–Crippen MR) is 85.0 cm³/mol. The van der Waals surface area contributed by atoms with Crippen LogP contribution in [0.3, 0.4) is 0 Å². The summed E-state index contributed by atoms with van der Waals surface area (Å²) < 4.78 is 11.2. The van der Waals surface area contributed by atoms with Gasteiger partial charge in [-0.3, -0.25) is 4.79 Å². The molecule has 0 atom stereocenters. The van der Waals surface area contributed by atoms with Crippen molar-refractivity contribution in [3.63, 3.8) is 0 Å². The number of amides is 1.